The zero-order valence-corrected chi connectivity index (χ0v) is 12.7. The third kappa shape index (κ3) is 2.53. The van der Waals surface area contributed by atoms with Crippen LogP contribution in [-0.2, 0) is 6.54 Å². The van der Waals surface area contributed by atoms with Crippen molar-refractivity contribution in [3.05, 3.63) is 47.3 Å². The van der Waals surface area contributed by atoms with E-state index in [2.05, 4.69) is 37.9 Å². The van der Waals surface area contributed by atoms with Crippen LogP contribution in [0.4, 0.5) is 5.69 Å². The SMILES string of the molecule is CCn1nc(C(C)C)c2c1C=NCC(c1ccccc1)=N2. The molecular formula is C17H20N4. The number of rotatable bonds is 3. The number of aryl methyl sites for hydroxylation is 1. The molecule has 1 aliphatic heterocycles. The molecule has 1 aromatic heterocycles. The Morgan fingerprint density at radius 3 is 2.62 bits per heavy atom. The molecule has 0 saturated carbocycles. The molecule has 21 heavy (non-hydrogen) atoms. The van der Waals surface area contributed by atoms with Crippen molar-refractivity contribution in [2.24, 2.45) is 9.98 Å². The van der Waals surface area contributed by atoms with E-state index in [4.69, 9.17) is 10.1 Å². The normalized spacial score (nSPS) is 14.0. The van der Waals surface area contributed by atoms with Crippen molar-refractivity contribution in [1.82, 2.24) is 9.78 Å². The van der Waals surface area contributed by atoms with Crippen molar-refractivity contribution >= 4 is 17.6 Å². The van der Waals surface area contributed by atoms with Gasteiger partial charge in [0, 0.05) is 12.8 Å². The second-order valence-electron chi connectivity index (χ2n) is 5.48. The Morgan fingerprint density at radius 1 is 1.19 bits per heavy atom. The first-order valence-electron chi connectivity index (χ1n) is 7.44. The quantitative estimate of drug-likeness (QED) is 0.847. The Labute approximate surface area is 125 Å². The number of aliphatic imine (C=N–C) groups is 2. The number of hydrogen-bond donors (Lipinski definition) is 0. The first-order chi connectivity index (χ1) is 10.2. The van der Waals surface area contributed by atoms with Gasteiger partial charge in [-0.2, -0.15) is 5.10 Å². The van der Waals surface area contributed by atoms with Crippen LogP contribution in [0.5, 0.6) is 0 Å². The van der Waals surface area contributed by atoms with Gasteiger partial charge in [0.05, 0.1) is 18.0 Å². The molecule has 0 fully saturated rings. The van der Waals surface area contributed by atoms with Gasteiger partial charge in [-0.05, 0) is 18.4 Å². The minimum atomic E-state index is 0.346. The lowest BCUT2D eigenvalue weighted by molar-refractivity contribution is 0.632. The molecule has 0 atom stereocenters. The Balaban J connectivity index is 2.16. The van der Waals surface area contributed by atoms with Gasteiger partial charge >= 0.3 is 0 Å². The van der Waals surface area contributed by atoms with Gasteiger partial charge in [-0.15, -0.1) is 0 Å². The van der Waals surface area contributed by atoms with Crippen molar-refractivity contribution < 1.29 is 0 Å². The second kappa shape index (κ2) is 5.64. The Morgan fingerprint density at radius 2 is 1.95 bits per heavy atom. The van der Waals surface area contributed by atoms with Gasteiger partial charge < -0.3 is 0 Å². The average Bonchev–Trinajstić information content (AvgIpc) is 2.71. The summed E-state index contributed by atoms with van der Waals surface area (Å²) >= 11 is 0. The number of hydrogen-bond acceptors (Lipinski definition) is 3. The lowest BCUT2D eigenvalue weighted by Crippen LogP contribution is -2.05. The van der Waals surface area contributed by atoms with E-state index in [1.807, 2.05) is 29.1 Å². The van der Waals surface area contributed by atoms with E-state index in [0.717, 1.165) is 34.9 Å². The highest BCUT2D eigenvalue weighted by atomic mass is 15.3. The summed E-state index contributed by atoms with van der Waals surface area (Å²) in [4.78, 5) is 9.44. The Bertz CT molecular complexity index is 693. The van der Waals surface area contributed by atoms with Crippen molar-refractivity contribution in [2.45, 2.75) is 33.2 Å². The van der Waals surface area contributed by atoms with Crippen LogP contribution in [0.3, 0.4) is 0 Å². The highest BCUT2D eigenvalue weighted by molar-refractivity contribution is 6.06. The third-order valence-electron chi connectivity index (χ3n) is 3.65. The van der Waals surface area contributed by atoms with E-state index in [-0.39, 0.29) is 0 Å². The molecule has 4 heteroatoms. The predicted octanol–water partition coefficient (Wildman–Crippen LogP) is 3.58. The van der Waals surface area contributed by atoms with Gasteiger partial charge in [-0.25, -0.2) is 4.99 Å². The summed E-state index contributed by atoms with van der Waals surface area (Å²) in [5.41, 5.74) is 5.18. The van der Waals surface area contributed by atoms with Crippen molar-refractivity contribution in [2.75, 3.05) is 6.54 Å². The maximum absolute atomic E-state index is 4.91. The number of nitrogens with zero attached hydrogens (tertiary/aromatic N) is 4. The van der Waals surface area contributed by atoms with Gasteiger partial charge in [0.1, 0.15) is 11.4 Å². The van der Waals surface area contributed by atoms with Gasteiger partial charge in [0.25, 0.3) is 0 Å². The van der Waals surface area contributed by atoms with E-state index in [9.17, 15) is 0 Å². The molecule has 2 heterocycles. The van der Waals surface area contributed by atoms with Crippen LogP contribution in [0, 0.1) is 0 Å². The van der Waals surface area contributed by atoms with E-state index in [1.165, 1.54) is 0 Å². The van der Waals surface area contributed by atoms with Crippen LogP contribution in [0.25, 0.3) is 0 Å². The minimum Gasteiger partial charge on any atom is -0.284 e. The summed E-state index contributed by atoms with van der Waals surface area (Å²) < 4.78 is 1.99. The van der Waals surface area contributed by atoms with E-state index < -0.39 is 0 Å². The average molecular weight is 280 g/mol. The van der Waals surface area contributed by atoms with Gasteiger partial charge in [-0.1, -0.05) is 44.2 Å². The Kier molecular flexibility index (Phi) is 3.69. The first-order valence-corrected chi connectivity index (χ1v) is 7.44. The first kappa shape index (κ1) is 13.7. The largest absolute Gasteiger partial charge is 0.284 e. The molecule has 4 nitrogen and oxygen atoms in total. The molecule has 0 radical (unpaired) electrons. The zero-order valence-electron chi connectivity index (χ0n) is 12.7. The van der Waals surface area contributed by atoms with E-state index in [1.54, 1.807) is 0 Å². The van der Waals surface area contributed by atoms with Crippen LogP contribution < -0.4 is 0 Å². The molecule has 3 rings (SSSR count). The minimum absolute atomic E-state index is 0.346. The fourth-order valence-corrected chi connectivity index (χ4v) is 2.53. The molecule has 0 N–H and O–H groups in total. The van der Waals surface area contributed by atoms with Gasteiger partial charge in [0.15, 0.2) is 0 Å². The predicted molar refractivity (Wildman–Crippen MR) is 87.1 cm³/mol. The van der Waals surface area contributed by atoms with Crippen molar-refractivity contribution in [1.29, 1.82) is 0 Å². The summed E-state index contributed by atoms with van der Waals surface area (Å²) in [5, 5.41) is 4.70. The van der Waals surface area contributed by atoms with Crippen LogP contribution in [0.15, 0.2) is 40.3 Å². The molecule has 0 spiro atoms. The maximum Gasteiger partial charge on any atom is 0.114 e. The molecule has 0 saturated heterocycles. The molecule has 0 unspecified atom stereocenters. The van der Waals surface area contributed by atoms with Crippen molar-refractivity contribution in [3.63, 3.8) is 0 Å². The van der Waals surface area contributed by atoms with E-state index in [0.29, 0.717) is 12.5 Å². The van der Waals surface area contributed by atoms with Gasteiger partial charge in [-0.3, -0.25) is 9.67 Å². The molecule has 0 amide bonds. The molecule has 2 aromatic rings. The van der Waals surface area contributed by atoms with Crippen molar-refractivity contribution in [3.8, 4) is 0 Å². The molecule has 0 aliphatic carbocycles. The fourth-order valence-electron chi connectivity index (χ4n) is 2.53. The monoisotopic (exact) mass is 280 g/mol. The smallest absolute Gasteiger partial charge is 0.114 e. The molecule has 1 aliphatic rings. The number of fused-ring (bicyclic) bond motifs is 1. The van der Waals surface area contributed by atoms with Crippen LogP contribution >= 0.6 is 0 Å². The highest BCUT2D eigenvalue weighted by Gasteiger charge is 2.20. The zero-order chi connectivity index (χ0) is 14.8. The molecule has 108 valence electrons. The summed E-state index contributed by atoms with van der Waals surface area (Å²) in [7, 11) is 0. The number of aromatic nitrogens is 2. The molecular weight excluding hydrogens is 260 g/mol. The standard InChI is InChI=1S/C17H20N4/c1-4-21-15-11-18-10-14(13-8-6-5-7-9-13)19-17(15)16(20-21)12(2)3/h5-9,11-12H,4,10H2,1-3H3. The summed E-state index contributed by atoms with van der Waals surface area (Å²) in [5.74, 6) is 0.346. The highest BCUT2D eigenvalue weighted by Crippen LogP contribution is 2.31. The Hall–Kier alpha value is -2.23. The van der Waals surface area contributed by atoms with Gasteiger partial charge in [0.2, 0.25) is 0 Å². The molecule has 1 aromatic carbocycles. The van der Waals surface area contributed by atoms with Crippen LogP contribution in [0.1, 0.15) is 43.6 Å². The summed E-state index contributed by atoms with van der Waals surface area (Å²) in [6.45, 7) is 7.85. The summed E-state index contributed by atoms with van der Waals surface area (Å²) in [6, 6.07) is 10.2. The summed E-state index contributed by atoms with van der Waals surface area (Å²) in [6.07, 6.45) is 1.91. The topological polar surface area (TPSA) is 42.5 Å². The second-order valence-corrected chi connectivity index (χ2v) is 5.48. The molecule has 0 bridgehead atoms. The van der Waals surface area contributed by atoms with Crippen LogP contribution in [0.2, 0.25) is 0 Å². The maximum atomic E-state index is 4.91. The lowest BCUT2D eigenvalue weighted by Gasteiger charge is -2.04. The number of benzene rings is 1. The third-order valence-corrected chi connectivity index (χ3v) is 3.65. The fraction of sp³-hybridized carbons (Fsp3) is 0.353. The lowest BCUT2D eigenvalue weighted by atomic mass is 10.1. The van der Waals surface area contributed by atoms with Crippen LogP contribution in [-0.4, -0.2) is 28.3 Å². The van der Waals surface area contributed by atoms with E-state index >= 15 is 0 Å².